The van der Waals surface area contributed by atoms with Gasteiger partial charge in [-0.1, -0.05) is 7.43 Å². The van der Waals surface area contributed by atoms with Crippen molar-refractivity contribution in [3.8, 4) is 0 Å². The van der Waals surface area contributed by atoms with Crippen molar-refractivity contribution in [1.29, 1.82) is 0 Å². The van der Waals surface area contributed by atoms with Gasteiger partial charge in [0.25, 0.3) is 0 Å². The molecule has 2 saturated heterocycles. The van der Waals surface area contributed by atoms with E-state index in [1.54, 1.807) is 18.5 Å². The number of piperidine rings is 1. The number of Topliss-reactive ketones (excluding diaryl/α,β-unsaturated/α-hetero) is 1. The standard InChI is InChI=1S/C21H26N6O3.CH4/c1-15(28)20-18(26-19(29)11-23-9-16-2-5-22-14-25-16)8-17(10-24-20)27-6-3-21(4-7-27)12-30-13-21;/h2,5,8,10,14,23H,3-4,6-7,9,11-13H2,1H3,(H,26,29);1H4. The molecule has 0 atom stereocenters. The normalized spacial score (nSPS) is 16.9. The van der Waals surface area contributed by atoms with Crippen LogP contribution in [0.25, 0.3) is 0 Å². The summed E-state index contributed by atoms with van der Waals surface area (Å²) in [5.41, 5.74) is 2.77. The zero-order chi connectivity index (χ0) is 21.0. The molecule has 2 N–H and O–H groups in total. The Kier molecular flexibility index (Phi) is 7.29. The molecule has 2 aliphatic rings. The van der Waals surface area contributed by atoms with Crippen molar-refractivity contribution in [1.82, 2.24) is 20.3 Å². The molecule has 0 bridgehead atoms. The molecule has 0 aromatic carbocycles. The maximum absolute atomic E-state index is 12.4. The van der Waals surface area contributed by atoms with E-state index in [1.165, 1.54) is 13.3 Å². The zero-order valence-electron chi connectivity index (χ0n) is 17.1. The average molecular weight is 427 g/mol. The molecule has 9 nitrogen and oxygen atoms in total. The lowest BCUT2D eigenvalue weighted by molar-refractivity contribution is -0.124. The molecular formula is C22H30N6O3. The summed E-state index contributed by atoms with van der Waals surface area (Å²) in [6, 6.07) is 3.63. The number of carbonyl (C=O) groups excluding carboxylic acids is 2. The smallest absolute Gasteiger partial charge is 0.238 e. The minimum absolute atomic E-state index is 0. The molecule has 9 heteroatoms. The summed E-state index contributed by atoms with van der Waals surface area (Å²) in [5.74, 6) is -0.426. The molecule has 0 saturated carbocycles. The van der Waals surface area contributed by atoms with Crippen molar-refractivity contribution in [2.24, 2.45) is 5.41 Å². The van der Waals surface area contributed by atoms with Crippen molar-refractivity contribution >= 4 is 23.1 Å². The molecule has 4 rings (SSSR count). The van der Waals surface area contributed by atoms with Gasteiger partial charge in [-0.15, -0.1) is 0 Å². The van der Waals surface area contributed by atoms with Crippen LogP contribution in [-0.2, 0) is 16.1 Å². The first-order chi connectivity index (χ1) is 14.5. The number of hydrogen-bond acceptors (Lipinski definition) is 8. The first kappa shape index (κ1) is 22.8. The third kappa shape index (κ3) is 5.42. The molecule has 1 spiro atoms. The van der Waals surface area contributed by atoms with Gasteiger partial charge in [0.05, 0.1) is 43.0 Å². The van der Waals surface area contributed by atoms with Crippen molar-refractivity contribution in [3.63, 3.8) is 0 Å². The van der Waals surface area contributed by atoms with E-state index in [0.717, 1.165) is 50.5 Å². The summed E-state index contributed by atoms with van der Waals surface area (Å²) in [6.07, 6.45) is 7.00. The Balaban J connectivity index is 0.00000272. The van der Waals surface area contributed by atoms with Crippen LogP contribution in [-0.4, -0.2) is 59.5 Å². The van der Waals surface area contributed by atoms with Crippen LogP contribution in [0.3, 0.4) is 0 Å². The van der Waals surface area contributed by atoms with Crippen molar-refractivity contribution in [3.05, 3.63) is 42.2 Å². The van der Waals surface area contributed by atoms with E-state index < -0.39 is 0 Å². The summed E-state index contributed by atoms with van der Waals surface area (Å²) < 4.78 is 5.39. The van der Waals surface area contributed by atoms with Gasteiger partial charge in [-0.05, 0) is 25.0 Å². The fourth-order valence-electron chi connectivity index (χ4n) is 3.84. The van der Waals surface area contributed by atoms with E-state index in [9.17, 15) is 9.59 Å². The highest BCUT2D eigenvalue weighted by Crippen LogP contribution is 2.39. The van der Waals surface area contributed by atoms with Gasteiger partial charge < -0.3 is 20.3 Å². The molecule has 166 valence electrons. The number of ketones is 1. The second-order valence-electron chi connectivity index (χ2n) is 7.98. The largest absolute Gasteiger partial charge is 0.380 e. The van der Waals surface area contributed by atoms with Crippen molar-refractivity contribution < 1.29 is 14.3 Å². The number of nitrogens with one attached hydrogen (secondary N) is 2. The van der Waals surface area contributed by atoms with Crippen molar-refractivity contribution in [2.75, 3.05) is 43.1 Å². The van der Waals surface area contributed by atoms with Gasteiger partial charge in [-0.2, -0.15) is 0 Å². The van der Waals surface area contributed by atoms with Crippen LogP contribution in [0.5, 0.6) is 0 Å². The van der Waals surface area contributed by atoms with Gasteiger partial charge in [0, 0.05) is 38.2 Å². The minimum atomic E-state index is -0.241. The van der Waals surface area contributed by atoms with Crippen molar-refractivity contribution in [2.45, 2.75) is 33.7 Å². The highest BCUT2D eigenvalue weighted by molar-refractivity contribution is 6.03. The third-order valence-corrected chi connectivity index (χ3v) is 5.72. The highest BCUT2D eigenvalue weighted by Gasteiger charge is 2.41. The van der Waals surface area contributed by atoms with Crippen LogP contribution >= 0.6 is 0 Å². The lowest BCUT2D eigenvalue weighted by Crippen LogP contribution is -2.51. The summed E-state index contributed by atoms with van der Waals surface area (Å²) in [4.78, 5) is 39.0. The zero-order valence-corrected chi connectivity index (χ0v) is 17.1. The predicted molar refractivity (Wildman–Crippen MR) is 118 cm³/mol. The first-order valence-corrected chi connectivity index (χ1v) is 10.1. The number of rotatable bonds is 7. The fourth-order valence-corrected chi connectivity index (χ4v) is 3.84. The molecule has 0 radical (unpaired) electrons. The highest BCUT2D eigenvalue weighted by atomic mass is 16.5. The summed E-state index contributed by atoms with van der Waals surface area (Å²) >= 11 is 0. The molecule has 4 heterocycles. The lowest BCUT2D eigenvalue weighted by atomic mass is 9.77. The van der Waals surface area contributed by atoms with E-state index in [1.807, 2.05) is 6.07 Å². The van der Waals surface area contributed by atoms with Gasteiger partial charge in [0.15, 0.2) is 5.78 Å². The summed E-state index contributed by atoms with van der Waals surface area (Å²) in [7, 11) is 0. The fraction of sp³-hybridized carbons (Fsp3) is 0.500. The van der Waals surface area contributed by atoms with Gasteiger partial charge in [-0.3, -0.25) is 9.59 Å². The number of pyridine rings is 1. The number of amides is 1. The quantitative estimate of drug-likeness (QED) is 0.648. The van der Waals surface area contributed by atoms with Crippen LogP contribution in [0.4, 0.5) is 11.4 Å². The van der Waals surface area contributed by atoms with Gasteiger partial charge >= 0.3 is 0 Å². The van der Waals surface area contributed by atoms with Crippen LogP contribution in [0, 0.1) is 5.41 Å². The monoisotopic (exact) mass is 426 g/mol. The molecule has 2 aliphatic heterocycles. The second kappa shape index (κ2) is 9.93. The Morgan fingerprint density at radius 1 is 1.23 bits per heavy atom. The maximum Gasteiger partial charge on any atom is 0.238 e. The SMILES string of the molecule is C.CC(=O)c1ncc(N2CCC3(CC2)COC3)cc1NC(=O)CNCc1ccncn1. The molecule has 2 aromatic heterocycles. The minimum Gasteiger partial charge on any atom is -0.380 e. The topological polar surface area (TPSA) is 109 Å². The van der Waals surface area contributed by atoms with Gasteiger partial charge in [0.2, 0.25) is 5.91 Å². The van der Waals surface area contributed by atoms with Crippen LogP contribution in [0.2, 0.25) is 0 Å². The van der Waals surface area contributed by atoms with E-state index in [2.05, 4.69) is 30.5 Å². The Labute approximate surface area is 182 Å². The Hall–Kier alpha value is -2.91. The molecule has 1 amide bonds. The summed E-state index contributed by atoms with van der Waals surface area (Å²) in [5, 5.41) is 5.87. The first-order valence-electron chi connectivity index (χ1n) is 10.1. The van der Waals surface area contributed by atoms with Gasteiger partial charge in [-0.25, -0.2) is 15.0 Å². The van der Waals surface area contributed by atoms with E-state index >= 15 is 0 Å². The Bertz CT molecular complexity index is 907. The Morgan fingerprint density at radius 3 is 2.61 bits per heavy atom. The third-order valence-electron chi connectivity index (χ3n) is 5.72. The van der Waals surface area contributed by atoms with Crippen LogP contribution in [0.1, 0.15) is 43.4 Å². The van der Waals surface area contributed by atoms with Crippen LogP contribution < -0.4 is 15.5 Å². The van der Waals surface area contributed by atoms with E-state index in [0.29, 0.717) is 17.6 Å². The number of hydrogen-bond donors (Lipinski definition) is 2. The van der Waals surface area contributed by atoms with Gasteiger partial charge in [0.1, 0.15) is 12.0 Å². The number of aromatic nitrogens is 3. The number of carbonyl (C=O) groups is 2. The molecule has 2 aromatic rings. The number of nitrogens with zero attached hydrogens (tertiary/aromatic N) is 4. The maximum atomic E-state index is 12.4. The predicted octanol–water partition coefficient (Wildman–Crippen LogP) is 2.06. The van der Waals surface area contributed by atoms with E-state index in [4.69, 9.17) is 4.74 Å². The molecule has 31 heavy (non-hydrogen) atoms. The lowest BCUT2D eigenvalue weighted by Gasteiger charge is -2.47. The number of anilines is 2. The van der Waals surface area contributed by atoms with E-state index in [-0.39, 0.29) is 31.4 Å². The molecule has 0 aliphatic carbocycles. The Morgan fingerprint density at radius 2 is 2.00 bits per heavy atom. The molecular weight excluding hydrogens is 396 g/mol. The van der Waals surface area contributed by atoms with Crippen LogP contribution in [0.15, 0.2) is 30.9 Å². The average Bonchev–Trinajstić information content (AvgIpc) is 2.73. The second-order valence-corrected chi connectivity index (χ2v) is 7.98. The number of ether oxygens (including phenoxy) is 1. The summed E-state index contributed by atoms with van der Waals surface area (Å²) in [6.45, 7) is 5.53. The molecule has 2 fully saturated rings. The molecule has 0 unspecified atom stereocenters.